The number of guanidine groups is 1. The first-order chi connectivity index (χ1) is 13.5. The van der Waals surface area contributed by atoms with Gasteiger partial charge in [0.05, 0.1) is 25.9 Å². The van der Waals surface area contributed by atoms with E-state index in [0.717, 1.165) is 36.8 Å². The van der Waals surface area contributed by atoms with Crippen molar-refractivity contribution in [2.45, 2.75) is 58.9 Å². The minimum absolute atomic E-state index is 0.178. The zero-order chi connectivity index (χ0) is 20.8. The predicted octanol–water partition coefficient (Wildman–Crippen LogP) is 3.71. The number of nitrogens with zero attached hydrogens (tertiary/aromatic N) is 3. The second-order valence-corrected chi connectivity index (χ2v) is 8.76. The van der Waals surface area contributed by atoms with E-state index in [1.165, 1.54) is 25.0 Å². The lowest BCUT2D eigenvalue weighted by molar-refractivity contribution is 0.176. The standard InChI is InChI=1S/C19H35N5O2S2/c1-6-9-24(10-7-2)12-17-22-16(14-28-17)13-27-11-8-20-18(21-15(3)4)23-19(25)26-5/h14-15H,6-13H2,1-5H3,(H2,20,21,23,25). The Morgan fingerprint density at radius 1 is 1.36 bits per heavy atom. The third kappa shape index (κ3) is 10.9. The van der Waals surface area contributed by atoms with Crippen LogP contribution in [-0.4, -0.2) is 60.5 Å². The molecule has 0 radical (unpaired) electrons. The number of hydrogen-bond donors (Lipinski definition) is 2. The molecule has 0 atom stereocenters. The lowest BCUT2D eigenvalue weighted by Crippen LogP contribution is -2.44. The molecule has 9 heteroatoms. The van der Waals surface area contributed by atoms with Crippen LogP contribution < -0.4 is 10.6 Å². The molecule has 2 N–H and O–H groups in total. The molecule has 0 saturated heterocycles. The lowest BCUT2D eigenvalue weighted by atomic mass is 10.3. The minimum Gasteiger partial charge on any atom is -0.453 e. The highest BCUT2D eigenvalue weighted by Gasteiger charge is 2.09. The molecule has 1 rings (SSSR count). The number of hydrogen-bond acceptors (Lipinski definition) is 7. The summed E-state index contributed by atoms with van der Waals surface area (Å²) in [4.78, 5) is 23.0. The maximum Gasteiger partial charge on any atom is 0.413 e. The second-order valence-electron chi connectivity index (χ2n) is 6.71. The van der Waals surface area contributed by atoms with Crippen molar-refractivity contribution < 1.29 is 9.53 Å². The van der Waals surface area contributed by atoms with Crippen molar-refractivity contribution in [3.63, 3.8) is 0 Å². The van der Waals surface area contributed by atoms with E-state index in [-0.39, 0.29) is 6.04 Å². The first kappa shape index (κ1) is 24.7. The highest BCUT2D eigenvalue weighted by Crippen LogP contribution is 2.17. The molecular formula is C19H35N5O2S2. The van der Waals surface area contributed by atoms with E-state index in [4.69, 9.17) is 4.98 Å². The monoisotopic (exact) mass is 429 g/mol. The van der Waals surface area contributed by atoms with Gasteiger partial charge in [-0.3, -0.25) is 15.2 Å². The molecule has 28 heavy (non-hydrogen) atoms. The Morgan fingerprint density at radius 3 is 2.68 bits per heavy atom. The molecule has 0 aliphatic heterocycles. The molecule has 1 heterocycles. The molecule has 160 valence electrons. The van der Waals surface area contributed by atoms with Gasteiger partial charge in [0.15, 0.2) is 0 Å². The Balaban J connectivity index is 2.40. The van der Waals surface area contributed by atoms with Crippen LogP contribution in [0.2, 0.25) is 0 Å². The summed E-state index contributed by atoms with van der Waals surface area (Å²) in [5.41, 5.74) is 1.13. The summed E-state index contributed by atoms with van der Waals surface area (Å²) in [6, 6.07) is 0.178. The average molecular weight is 430 g/mol. The zero-order valence-corrected chi connectivity index (χ0v) is 19.4. The van der Waals surface area contributed by atoms with Crippen LogP contribution in [0.15, 0.2) is 10.4 Å². The number of carbonyl (C=O) groups is 1. The molecule has 7 nitrogen and oxygen atoms in total. The number of alkyl carbamates (subject to hydrolysis) is 1. The van der Waals surface area contributed by atoms with Gasteiger partial charge in [-0.25, -0.2) is 9.78 Å². The largest absolute Gasteiger partial charge is 0.453 e. The zero-order valence-electron chi connectivity index (χ0n) is 17.8. The molecule has 0 spiro atoms. The molecule has 0 saturated carbocycles. The van der Waals surface area contributed by atoms with Crippen LogP contribution in [0.3, 0.4) is 0 Å². The quantitative estimate of drug-likeness (QED) is 0.300. The fraction of sp³-hybridized carbons (Fsp3) is 0.737. The van der Waals surface area contributed by atoms with Crippen LogP contribution in [-0.2, 0) is 17.0 Å². The van der Waals surface area contributed by atoms with Gasteiger partial charge in [-0.15, -0.1) is 11.3 Å². The molecule has 0 bridgehead atoms. The molecule has 1 amide bonds. The normalized spacial score (nSPS) is 11.9. The number of thiazole rings is 1. The number of aliphatic imine (C=N–C) groups is 1. The van der Waals surface area contributed by atoms with E-state index < -0.39 is 6.09 Å². The van der Waals surface area contributed by atoms with Crippen molar-refractivity contribution in [2.75, 3.05) is 32.5 Å². The third-order valence-electron chi connectivity index (χ3n) is 3.62. The van der Waals surface area contributed by atoms with Crippen molar-refractivity contribution in [3.8, 4) is 0 Å². The summed E-state index contributed by atoms with van der Waals surface area (Å²) in [5, 5.41) is 9.07. The van der Waals surface area contributed by atoms with Crippen molar-refractivity contribution in [1.29, 1.82) is 0 Å². The van der Waals surface area contributed by atoms with Crippen LogP contribution in [0, 0.1) is 0 Å². The number of aromatic nitrogens is 1. The van der Waals surface area contributed by atoms with Crippen LogP contribution in [0.1, 0.15) is 51.2 Å². The Bertz CT molecular complexity index is 587. The van der Waals surface area contributed by atoms with E-state index in [9.17, 15) is 4.79 Å². The Morgan fingerprint density at radius 2 is 2.07 bits per heavy atom. The first-order valence-corrected chi connectivity index (χ1v) is 11.9. The second kappa shape index (κ2) is 14.6. The van der Waals surface area contributed by atoms with Crippen LogP contribution in [0.5, 0.6) is 0 Å². The number of carbonyl (C=O) groups excluding carboxylic acids is 1. The van der Waals surface area contributed by atoms with E-state index in [2.05, 4.69) is 44.5 Å². The number of ether oxygens (including phenoxy) is 1. The van der Waals surface area contributed by atoms with Gasteiger partial charge < -0.3 is 10.1 Å². The van der Waals surface area contributed by atoms with Crippen molar-refractivity contribution in [2.24, 2.45) is 4.99 Å². The van der Waals surface area contributed by atoms with Gasteiger partial charge in [-0.2, -0.15) is 11.8 Å². The Labute approximate surface area is 177 Å². The summed E-state index contributed by atoms with van der Waals surface area (Å²) in [7, 11) is 1.34. The number of rotatable bonds is 12. The molecule has 1 aromatic heterocycles. The van der Waals surface area contributed by atoms with Gasteiger partial charge in [-0.05, 0) is 39.8 Å². The maximum absolute atomic E-state index is 11.4. The SMILES string of the molecule is CCCN(CCC)Cc1nc(CSCCN=C(NC(=O)OC)NC(C)C)cs1. The summed E-state index contributed by atoms with van der Waals surface area (Å²) in [6.45, 7) is 12.2. The fourth-order valence-corrected chi connectivity index (χ4v) is 4.19. The summed E-state index contributed by atoms with van der Waals surface area (Å²) in [5.74, 6) is 2.19. The van der Waals surface area contributed by atoms with Crippen LogP contribution >= 0.6 is 23.1 Å². The number of amides is 1. The first-order valence-electron chi connectivity index (χ1n) is 9.87. The van der Waals surface area contributed by atoms with Gasteiger partial charge in [0.2, 0.25) is 5.96 Å². The highest BCUT2D eigenvalue weighted by atomic mass is 32.2. The van der Waals surface area contributed by atoms with Crippen molar-refractivity contribution in [3.05, 3.63) is 16.1 Å². The number of thioether (sulfide) groups is 1. The van der Waals surface area contributed by atoms with Gasteiger partial charge >= 0.3 is 6.09 Å². The van der Waals surface area contributed by atoms with Crippen LogP contribution in [0.4, 0.5) is 4.79 Å². The number of methoxy groups -OCH3 is 1. The van der Waals surface area contributed by atoms with E-state index in [1.54, 1.807) is 23.1 Å². The molecule has 0 fully saturated rings. The summed E-state index contributed by atoms with van der Waals surface area (Å²) in [6.07, 6.45) is 1.83. The summed E-state index contributed by atoms with van der Waals surface area (Å²) >= 11 is 3.55. The summed E-state index contributed by atoms with van der Waals surface area (Å²) < 4.78 is 4.62. The van der Waals surface area contributed by atoms with E-state index >= 15 is 0 Å². The van der Waals surface area contributed by atoms with E-state index in [0.29, 0.717) is 12.5 Å². The molecule has 1 aromatic rings. The third-order valence-corrected chi connectivity index (χ3v) is 5.48. The smallest absolute Gasteiger partial charge is 0.413 e. The van der Waals surface area contributed by atoms with Gasteiger partial charge in [0.1, 0.15) is 5.01 Å². The van der Waals surface area contributed by atoms with Gasteiger partial charge in [-0.1, -0.05) is 13.8 Å². The van der Waals surface area contributed by atoms with Crippen molar-refractivity contribution >= 4 is 35.2 Å². The molecular weight excluding hydrogens is 394 g/mol. The van der Waals surface area contributed by atoms with Crippen LogP contribution in [0.25, 0.3) is 0 Å². The van der Waals surface area contributed by atoms with Gasteiger partial charge in [0.25, 0.3) is 0 Å². The van der Waals surface area contributed by atoms with Gasteiger partial charge in [0, 0.05) is 22.9 Å². The minimum atomic E-state index is -0.519. The van der Waals surface area contributed by atoms with Crippen molar-refractivity contribution in [1.82, 2.24) is 20.5 Å². The Kier molecular flexibility index (Phi) is 12.9. The molecule has 0 aliphatic rings. The highest BCUT2D eigenvalue weighted by molar-refractivity contribution is 7.98. The fourth-order valence-electron chi connectivity index (χ4n) is 2.52. The van der Waals surface area contributed by atoms with E-state index in [1.807, 2.05) is 13.8 Å². The maximum atomic E-state index is 11.4. The molecule has 0 unspecified atom stereocenters. The molecule has 0 aromatic carbocycles. The number of nitrogens with one attached hydrogen (secondary N) is 2. The molecule has 0 aliphatic carbocycles. The Hall–Kier alpha value is -1.32. The average Bonchev–Trinajstić information content (AvgIpc) is 3.08. The lowest BCUT2D eigenvalue weighted by Gasteiger charge is -2.19. The predicted molar refractivity (Wildman–Crippen MR) is 120 cm³/mol. The topological polar surface area (TPSA) is 78.9 Å².